The maximum absolute atomic E-state index is 12.8. The maximum Gasteiger partial charge on any atom is 0.227 e. The Morgan fingerprint density at radius 2 is 1.82 bits per heavy atom. The van der Waals surface area contributed by atoms with Gasteiger partial charge in [0.05, 0.1) is 5.41 Å². The van der Waals surface area contributed by atoms with Gasteiger partial charge in [-0.1, -0.05) is 12.1 Å². The van der Waals surface area contributed by atoms with Crippen LogP contribution >= 0.6 is 24.0 Å². The van der Waals surface area contributed by atoms with Crippen molar-refractivity contribution < 1.29 is 9.18 Å². The van der Waals surface area contributed by atoms with Crippen molar-refractivity contribution in [2.24, 2.45) is 10.4 Å². The lowest BCUT2D eigenvalue weighted by Gasteiger charge is -2.24. The second-order valence-electron chi connectivity index (χ2n) is 5.37. The molecule has 124 valence electrons. The summed E-state index contributed by atoms with van der Waals surface area (Å²) in [5.74, 6) is 0.300. The van der Waals surface area contributed by atoms with Gasteiger partial charge in [0.15, 0.2) is 5.96 Å². The number of hydrogen-bond donors (Lipinski definition) is 3. The van der Waals surface area contributed by atoms with Crippen molar-refractivity contribution in [3.63, 3.8) is 0 Å². The van der Waals surface area contributed by atoms with Crippen LogP contribution in [0.2, 0.25) is 0 Å². The van der Waals surface area contributed by atoms with Crippen molar-refractivity contribution in [1.82, 2.24) is 16.0 Å². The van der Waals surface area contributed by atoms with Crippen molar-refractivity contribution >= 4 is 35.8 Å². The molecule has 1 amide bonds. The number of nitrogens with one attached hydrogen (secondary N) is 3. The molecule has 1 rings (SSSR count). The first-order chi connectivity index (χ1) is 9.89. The summed E-state index contributed by atoms with van der Waals surface area (Å²) >= 11 is 0. The molecular formula is C15H24FIN4O. The van der Waals surface area contributed by atoms with Gasteiger partial charge < -0.3 is 16.0 Å². The van der Waals surface area contributed by atoms with E-state index in [2.05, 4.69) is 20.9 Å². The van der Waals surface area contributed by atoms with Crippen LogP contribution in [0.4, 0.5) is 4.39 Å². The van der Waals surface area contributed by atoms with Gasteiger partial charge >= 0.3 is 0 Å². The van der Waals surface area contributed by atoms with Gasteiger partial charge in [0, 0.05) is 27.2 Å². The molecular weight excluding hydrogens is 398 g/mol. The molecule has 0 saturated carbocycles. The Balaban J connectivity index is 0.00000441. The number of hydrogen-bond acceptors (Lipinski definition) is 2. The van der Waals surface area contributed by atoms with Gasteiger partial charge in [0.2, 0.25) is 5.91 Å². The molecule has 0 heterocycles. The SMILES string of the molecule is CN=C(NCc1ccc(F)cc1)NCC(C)(C)C(=O)NC.I. The summed E-state index contributed by atoms with van der Waals surface area (Å²) in [6.07, 6.45) is 0. The zero-order valence-electron chi connectivity index (χ0n) is 13.4. The molecule has 0 bridgehead atoms. The van der Waals surface area contributed by atoms with Crippen LogP contribution in [0.1, 0.15) is 19.4 Å². The highest BCUT2D eigenvalue weighted by Gasteiger charge is 2.26. The fraction of sp³-hybridized carbons (Fsp3) is 0.467. The highest BCUT2D eigenvalue weighted by atomic mass is 127. The summed E-state index contributed by atoms with van der Waals surface area (Å²) in [6.45, 7) is 4.69. The minimum atomic E-state index is -0.539. The van der Waals surface area contributed by atoms with E-state index < -0.39 is 5.41 Å². The first-order valence-electron chi connectivity index (χ1n) is 6.80. The van der Waals surface area contributed by atoms with E-state index in [1.165, 1.54) is 12.1 Å². The Labute approximate surface area is 148 Å². The molecule has 3 N–H and O–H groups in total. The van der Waals surface area contributed by atoms with Gasteiger partial charge in [-0.15, -0.1) is 24.0 Å². The highest BCUT2D eigenvalue weighted by Crippen LogP contribution is 2.12. The second-order valence-corrected chi connectivity index (χ2v) is 5.37. The van der Waals surface area contributed by atoms with Crippen molar-refractivity contribution in [2.45, 2.75) is 20.4 Å². The molecule has 0 saturated heterocycles. The molecule has 0 aliphatic carbocycles. The van der Waals surface area contributed by atoms with Crippen LogP contribution in [0.15, 0.2) is 29.3 Å². The van der Waals surface area contributed by atoms with Crippen LogP contribution in [-0.2, 0) is 11.3 Å². The molecule has 7 heteroatoms. The summed E-state index contributed by atoms with van der Waals surface area (Å²) < 4.78 is 12.8. The highest BCUT2D eigenvalue weighted by molar-refractivity contribution is 14.0. The van der Waals surface area contributed by atoms with Crippen molar-refractivity contribution in [1.29, 1.82) is 0 Å². The number of guanidine groups is 1. The third kappa shape index (κ3) is 6.59. The van der Waals surface area contributed by atoms with E-state index in [-0.39, 0.29) is 35.7 Å². The molecule has 5 nitrogen and oxygen atoms in total. The number of carbonyl (C=O) groups excluding carboxylic acids is 1. The average Bonchev–Trinajstić information content (AvgIpc) is 2.48. The molecule has 22 heavy (non-hydrogen) atoms. The zero-order valence-corrected chi connectivity index (χ0v) is 15.7. The maximum atomic E-state index is 12.8. The molecule has 0 aliphatic rings. The molecule has 1 aromatic carbocycles. The molecule has 0 atom stereocenters. The lowest BCUT2D eigenvalue weighted by molar-refractivity contribution is -0.128. The zero-order chi connectivity index (χ0) is 15.9. The summed E-state index contributed by atoms with van der Waals surface area (Å²) in [7, 11) is 3.28. The molecule has 0 aromatic heterocycles. The average molecular weight is 422 g/mol. The lowest BCUT2D eigenvalue weighted by atomic mass is 9.92. The number of halogens is 2. The van der Waals surface area contributed by atoms with Crippen LogP contribution in [0.3, 0.4) is 0 Å². The van der Waals surface area contributed by atoms with Crippen LogP contribution in [0, 0.1) is 11.2 Å². The van der Waals surface area contributed by atoms with Gasteiger partial charge in [-0.25, -0.2) is 4.39 Å². The van der Waals surface area contributed by atoms with E-state index in [1.807, 2.05) is 13.8 Å². The molecule has 0 fully saturated rings. The number of benzene rings is 1. The quantitative estimate of drug-likeness (QED) is 0.386. The number of amides is 1. The van der Waals surface area contributed by atoms with Gasteiger partial charge in [-0.2, -0.15) is 0 Å². The van der Waals surface area contributed by atoms with Crippen LogP contribution in [0.5, 0.6) is 0 Å². The topological polar surface area (TPSA) is 65.5 Å². The summed E-state index contributed by atoms with van der Waals surface area (Å²) in [6, 6.07) is 6.26. The Hall–Kier alpha value is -1.38. The first-order valence-corrected chi connectivity index (χ1v) is 6.80. The van der Waals surface area contributed by atoms with Crippen molar-refractivity contribution in [3.8, 4) is 0 Å². The summed E-state index contributed by atoms with van der Waals surface area (Å²) in [5.41, 5.74) is 0.410. The fourth-order valence-corrected chi connectivity index (χ4v) is 1.73. The smallest absolute Gasteiger partial charge is 0.227 e. The van der Waals surface area contributed by atoms with E-state index in [4.69, 9.17) is 0 Å². The van der Waals surface area contributed by atoms with Crippen molar-refractivity contribution in [2.75, 3.05) is 20.6 Å². The van der Waals surface area contributed by atoms with E-state index >= 15 is 0 Å². The molecule has 0 unspecified atom stereocenters. The molecule has 1 aromatic rings. The standard InChI is InChI=1S/C15H23FN4O.HI/c1-15(2,13(21)17-3)10-20-14(18-4)19-9-11-5-7-12(16)8-6-11;/h5-8H,9-10H2,1-4H3,(H,17,21)(H2,18,19,20);1H. The Morgan fingerprint density at radius 1 is 1.23 bits per heavy atom. The number of nitrogens with zero attached hydrogens (tertiary/aromatic N) is 1. The summed E-state index contributed by atoms with van der Waals surface area (Å²) in [5, 5.41) is 8.87. The molecule has 0 radical (unpaired) electrons. The Kier molecular flexibility index (Phi) is 9.00. The van der Waals surface area contributed by atoms with Gasteiger partial charge in [0.25, 0.3) is 0 Å². The minimum absolute atomic E-state index is 0. The van der Waals surface area contributed by atoms with E-state index in [0.29, 0.717) is 19.0 Å². The summed E-state index contributed by atoms with van der Waals surface area (Å²) in [4.78, 5) is 15.8. The Morgan fingerprint density at radius 3 is 2.32 bits per heavy atom. The number of carbonyl (C=O) groups is 1. The van der Waals surface area contributed by atoms with Crippen molar-refractivity contribution in [3.05, 3.63) is 35.6 Å². The molecule has 0 spiro atoms. The predicted molar refractivity (Wildman–Crippen MR) is 97.9 cm³/mol. The normalized spacial score (nSPS) is 11.4. The lowest BCUT2D eigenvalue weighted by Crippen LogP contribution is -2.47. The van der Waals surface area contributed by atoms with E-state index in [1.54, 1.807) is 26.2 Å². The van der Waals surface area contributed by atoms with Gasteiger partial charge in [-0.05, 0) is 31.5 Å². The van der Waals surface area contributed by atoms with E-state index in [9.17, 15) is 9.18 Å². The predicted octanol–water partition coefficient (Wildman–Crippen LogP) is 1.88. The third-order valence-corrected chi connectivity index (χ3v) is 3.14. The van der Waals surface area contributed by atoms with Gasteiger partial charge in [0.1, 0.15) is 5.82 Å². The van der Waals surface area contributed by atoms with Crippen LogP contribution in [0.25, 0.3) is 0 Å². The van der Waals surface area contributed by atoms with Crippen LogP contribution in [-0.4, -0.2) is 32.5 Å². The fourth-order valence-electron chi connectivity index (χ4n) is 1.73. The van der Waals surface area contributed by atoms with Gasteiger partial charge in [-0.3, -0.25) is 9.79 Å². The van der Waals surface area contributed by atoms with E-state index in [0.717, 1.165) is 5.56 Å². The number of rotatable bonds is 5. The first kappa shape index (κ1) is 20.6. The minimum Gasteiger partial charge on any atom is -0.359 e. The monoisotopic (exact) mass is 422 g/mol. The molecule has 0 aliphatic heterocycles. The number of aliphatic imine (C=N–C) groups is 1. The third-order valence-electron chi connectivity index (χ3n) is 3.14. The Bertz CT molecular complexity index is 503. The van der Waals surface area contributed by atoms with Crippen LogP contribution < -0.4 is 16.0 Å². The second kappa shape index (κ2) is 9.60. The largest absolute Gasteiger partial charge is 0.359 e.